The number of hydrogen-bond acceptors (Lipinski definition) is 2. The van der Waals surface area contributed by atoms with E-state index in [2.05, 4.69) is 44.3 Å². The van der Waals surface area contributed by atoms with E-state index in [-0.39, 0.29) is 0 Å². The van der Waals surface area contributed by atoms with Crippen molar-refractivity contribution in [2.24, 2.45) is 5.92 Å². The lowest BCUT2D eigenvalue weighted by atomic mass is 9.91. The quantitative estimate of drug-likeness (QED) is 0.866. The van der Waals surface area contributed by atoms with Crippen LogP contribution in [0.2, 0.25) is 0 Å². The molecule has 0 aromatic heterocycles. The van der Waals surface area contributed by atoms with Crippen LogP contribution >= 0.6 is 0 Å². The van der Waals surface area contributed by atoms with Gasteiger partial charge in [-0.15, -0.1) is 0 Å². The van der Waals surface area contributed by atoms with Gasteiger partial charge in [0, 0.05) is 6.61 Å². The van der Waals surface area contributed by atoms with Gasteiger partial charge in [0.2, 0.25) is 0 Å². The fraction of sp³-hybridized carbons (Fsp3) is 0.600. The summed E-state index contributed by atoms with van der Waals surface area (Å²) < 4.78 is 5.89. The van der Waals surface area contributed by atoms with Gasteiger partial charge in [-0.1, -0.05) is 36.2 Å². The van der Waals surface area contributed by atoms with Crippen LogP contribution in [0.1, 0.15) is 36.1 Å². The molecule has 1 fully saturated rings. The van der Waals surface area contributed by atoms with E-state index in [1.54, 1.807) is 0 Å². The van der Waals surface area contributed by atoms with E-state index >= 15 is 0 Å². The zero-order chi connectivity index (χ0) is 12.4. The van der Waals surface area contributed by atoms with Crippen LogP contribution < -0.4 is 5.32 Å². The van der Waals surface area contributed by atoms with E-state index in [4.69, 9.17) is 4.74 Å². The minimum atomic E-state index is 0.307. The van der Waals surface area contributed by atoms with Gasteiger partial charge in [-0.3, -0.25) is 0 Å². The first-order valence-corrected chi connectivity index (χ1v) is 6.49. The molecule has 1 aromatic rings. The molecule has 1 aliphatic rings. The van der Waals surface area contributed by atoms with Gasteiger partial charge in [0.1, 0.15) is 0 Å². The third kappa shape index (κ3) is 2.70. The maximum atomic E-state index is 5.89. The number of nitrogens with one attached hydrogen (secondary N) is 1. The van der Waals surface area contributed by atoms with Crippen LogP contribution in [-0.2, 0) is 4.74 Å². The Balaban J connectivity index is 2.28. The van der Waals surface area contributed by atoms with E-state index < -0.39 is 0 Å². The van der Waals surface area contributed by atoms with Gasteiger partial charge in [0.25, 0.3) is 0 Å². The number of ether oxygens (including phenoxy) is 1. The fourth-order valence-corrected chi connectivity index (χ4v) is 2.85. The van der Waals surface area contributed by atoms with Crippen LogP contribution in [0.15, 0.2) is 18.2 Å². The number of rotatable bonds is 3. The van der Waals surface area contributed by atoms with Crippen molar-refractivity contribution in [3.8, 4) is 0 Å². The average molecular weight is 233 g/mol. The van der Waals surface area contributed by atoms with E-state index in [1.807, 2.05) is 7.05 Å². The Kier molecular flexibility index (Phi) is 3.85. The van der Waals surface area contributed by atoms with Crippen molar-refractivity contribution in [2.45, 2.75) is 39.3 Å². The molecule has 1 aliphatic heterocycles. The highest BCUT2D eigenvalue weighted by Crippen LogP contribution is 2.31. The van der Waals surface area contributed by atoms with Crippen LogP contribution in [0.3, 0.4) is 0 Å². The zero-order valence-corrected chi connectivity index (χ0v) is 11.3. The molecule has 2 heteroatoms. The molecular weight excluding hydrogens is 210 g/mol. The van der Waals surface area contributed by atoms with Crippen LogP contribution in [0.25, 0.3) is 0 Å². The summed E-state index contributed by atoms with van der Waals surface area (Å²) in [6, 6.07) is 7.06. The number of aryl methyl sites for hydroxylation is 2. The molecule has 0 amide bonds. The Bertz CT molecular complexity index is 368. The van der Waals surface area contributed by atoms with Gasteiger partial charge in [0.05, 0.1) is 12.1 Å². The first-order chi connectivity index (χ1) is 8.11. The van der Waals surface area contributed by atoms with Gasteiger partial charge >= 0.3 is 0 Å². The Morgan fingerprint density at radius 2 is 1.88 bits per heavy atom. The average Bonchev–Trinajstić information content (AvgIpc) is 2.65. The van der Waals surface area contributed by atoms with E-state index in [0.29, 0.717) is 18.1 Å². The largest absolute Gasteiger partial charge is 0.376 e. The molecule has 1 saturated heterocycles. The van der Waals surface area contributed by atoms with Gasteiger partial charge in [-0.25, -0.2) is 0 Å². The molecule has 0 spiro atoms. The molecule has 17 heavy (non-hydrogen) atoms. The van der Waals surface area contributed by atoms with Crippen molar-refractivity contribution in [3.05, 3.63) is 34.9 Å². The topological polar surface area (TPSA) is 21.3 Å². The summed E-state index contributed by atoms with van der Waals surface area (Å²) in [5, 5.41) is 3.42. The smallest absolute Gasteiger partial charge is 0.0795 e. The molecule has 1 aromatic carbocycles. The van der Waals surface area contributed by atoms with Crippen LogP contribution in [0, 0.1) is 19.8 Å². The first-order valence-electron chi connectivity index (χ1n) is 6.49. The monoisotopic (exact) mass is 233 g/mol. The summed E-state index contributed by atoms with van der Waals surface area (Å²) in [4.78, 5) is 0. The zero-order valence-electron chi connectivity index (χ0n) is 11.3. The van der Waals surface area contributed by atoms with Crippen LogP contribution in [0.5, 0.6) is 0 Å². The summed E-state index contributed by atoms with van der Waals surface area (Å²) in [5.41, 5.74) is 4.00. The van der Waals surface area contributed by atoms with E-state index in [0.717, 1.165) is 6.61 Å². The maximum absolute atomic E-state index is 5.89. The van der Waals surface area contributed by atoms with Crippen molar-refractivity contribution < 1.29 is 4.74 Å². The molecule has 1 N–H and O–H groups in total. The minimum absolute atomic E-state index is 0.307. The van der Waals surface area contributed by atoms with Crippen molar-refractivity contribution in [1.82, 2.24) is 5.32 Å². The van der Waals surface area contributed by atoms with Crippen molar-refractivity contribution in [2.75, 3.05) is 13.7 Å². The van der Waals surface area contributed by atoms with Crippen LogP contribution in [-0.4, -0.2) is 19.8 Å². The lowest BCUT2D eigenvalue weighted by molar-refractivity contribution is 0.0631. The van der Waals surface area contributed by atoms with Gasteiger partial charge < -0.3 is 10.1 Å². The summed E-state index contributed by atoms with van der Waals surface area (Å²) in [5.74, 6) is 0.633. The Morgan fingerprint density at radius 1 is 1.24 bits per heavy atom. The Hall–Kier alpha value is -0.860. The SMILES string of the molecule is CNC(c1cc(C)cc(C)c1)C1OCCC1C. The molecule has 0 radical (unpaired) electrons. The predicted octanol–water partition coefficient (Wildman–Crippen LogP) is 2.99. The van der Waals surface area contributed by atoms with Crippen molar-refractivity contribution >= 4 is 0 Å². The Morgan fingerprint density at radius 3 is 2.35 bits per heavy atom. The molecule has 1 heterocycles. The summed E-state index contributed by atoms with van der Waals surface area (Å²) in [7, 11) is 2.02. The number of likely N-dealkylation sites (N-methyl/N-ethyl adjacent to an activating group) is 1. The lowest BCUT2D eigenvalue weighted by Crippen LogP contribution is -2.32. The molecular formula is C15H23NO. The van der Waals surface area contributed by atoms with Crippen molar-refractivity contribution in [3.63, 3.8) is 0 Å². The second-order valence-electron chi connectivity index (χ2n) is 5.29. The highest BCUT2D eigenvalue weighted by molar-refractivity contribution is 5.31. The predicted molar refractivity (Wildman–Crippen MR) is 71.2 cm³/mol. The van der Waals surface area contributed by atoms with Crippen LogP contribution in [0.4, 0.5) is 0 Å². The van der Waals surface area contributed by atoms with E-state index in [1.165, 1.54) is 23.1 Å². The van der Waals surface area contributed by atoms with Gasteiger partial charge in [-0.05, 0) is 38.8 Å². The molecule has 3 atom stereocenters. The first kappa shape index (κ1) is 12.6. The molecule has 0 saturated carbocycles. The molecule has 2 rings (SSSR count). The highest BCUT2D eigenvalue weighted by Gasteiger charge is 2.32. The minimum Gasteiger partial charge on any atom is -0.376 e. The summed E-state index contributed by atoms with van der Waals surface area (Å²) >= 11 is 0. The molecule has 0 bridgehead atoms. The second-order valence-corrected chi connectivity index (χ2v) is 5.29. The summed E-state index contributed by atoms with van der Waals surface area (Å²) in [6.07, 6.45) is 1.48. The number of benzene rings is 1. The third-order valence-corrected chi connectivity index (χ3v) is 3.69. The summed E-state index contributed by atoms with van der Waals surface area (Å²) in [6.45, 7) is 7.49. The third-order valence-electron chi connectivity index (χ3n) is 3.69. The maximum Gasteiger partial charge on any atom is 0.0795 e. The number of hydrogen-bond donors (Lipinski definition) is 1. The van der Waals surface area contributed by atoms with Gasteiger partial charge in [-0.2, -0.15) is 0 Å². The second kappa shape index (κ2) is 5.19. The van der Waals surface area contributed by atoms with Gasteiger partial charge in [0.15, 0.2) is 0 Å². The molecule has 94 valence electrons. The molecule has 2 nitrogen and oxygen atoms in total. The lowest BCUT2D eigenvalue weighted by Gasteiger charge is -2.26. The van der Waals surface area contributed by atoms with E-state index in [9.17, 15) is 0 Å². The molecule has 3 unspecified atom stereocenters. The molecule has 0 aliphatic carbocycles. The Labute approximate surface area is 104 Å². The normalized spacial score (nSPS) is 26.1. The highest BCUT2D eigenvalue weighted by atomic mass is 16.5. The van der Waals surface area contributed by atoms with Crippen molar-refractivity contribution in [1.29, 1.82) is 0 Å². The standard InChI is InChI=1S/C15H23NO/c1-10-7-11(2)9-13(8-10)14(16-4)15-12(3)5-6-17-15/h7-9,12,14-16H,5-6H2,1-4H3. The fourth-order valence-electron chi connectivity index (χ4n) is 2.85.